The topological polar surface area (TPSA) is 78.0 Å². The molecule has 0 spiro atoms. The van der Waals surface area contributed by atoms with E-state index in [2.05, 4.69) is 15.5 Å². The Kier molecular flexibility index (Phi) is 2.10. The smallest absolute Gasteiger partial charge is 0.325 e. The van der Waals surface area contributed by atoms with Gasteiger partial charge in [-0.3, -0.25) is 9.89 Å². The SMILES string of the molecule is CC(Nc1ccn[nH]1)C(=O)O. The molecule has 0 aliphatic heterocycles. The number of aliphatic carboxylic acids is 1. The zero-order chi connectivity index (χ0) is 8.27. The Hall–Kier alpha value is -1.52. The van der Waals surface area contributed by atoms with Crippen LogP contribution in [0.3, 0.4) is 0 Å². The summed E-state index contributed by atoms with van der Waals surface area (Å²) in [6.45, 7) is 1.56. The number of carboxylic acid groups (broad SMARTS) is 1. The quantitative estimate of drug-likeness (QED) is 0.586. The summed E-state index contributed by atoms with van der Waals surface area (Å²) in [6.07, 6.45) is 1.55. The number of H-pyrrole nitrogens is 1. The maximum absolute atomic E-state index is 10.3. The number of nitrogens with one attached hydrogen (secondary N) is 2. The summed E-state index contributed by atoms with van der Waals surface area (Å²) in [6, 6.07) is 1.06. The summed E-state index contributed by atoms with van der Waals surface area (Å²) in [5, 5.41) is 17.4. The zero-order valence-corrected chi connectivity index (χ0v) is 6.03. The van der Waals surface area contributed by atoms with Crippen molar-refractivity contribution in [3.63, 3.8) is 0 Å². The number of hydrogen-bond donors (Lipinski definition) is 3. The Bertz CT molecular complexity index is 232. The molecule has 1 rings (SSSR count). The minimum Gasteiger partial charge on any atom is -0.480 e. The van der Waals surface area contributed by atoms with Gasteiger partial charge >= 0.3 is 5.97 Å². The molecule has 0 radical (unpaired) electrons. The molecule has 0 saturated carbocycles. The van der Waals surface area contributed by atoms with E-state index in [9.17, 15) is 4.79 Å². The molecule has 1 heterocycles. The van der Waals surface area contributed by atoms with Gasteiger partial charge in [-0.2, -0.15) is 5.10 Å². The lowest BCUT2D eigenvalue weighted by Gasteiger charge is -2.06. The van der Waals surface area contributed by atoms with Gasteiger partial charge in [0, 0.05) is 0 Å². The van der Waals surface area contributed by atoms with Gasteiger partial charge in [0.1, 0.15) is 11.9 Å². The van der Waals surface area contributed by atoms with E-state index < -0.39 is 12.0 Å². The number of hydrogen-bond acceptors (Lipinski definition) is 3. The van der Waals surface area contributed by atoms with Crippen LogP contribution < -0.4 is 5.32 Å². The van der Waals surface area contributed by atoms with Gasteiger partial charge in [-0.25, -0.2) is 0 Å². The molecule has 60 valence electrons. The van der Waals surface area contributed by atoms with Gasteiger partial charge in [-0.15, -0.1) is 0 Å². The van der Waals surface area contributed by atoms with Crippen molar-refractivity contribution < 1.29 is 9.90 Å². The number of anilines is 1. The van der Waals surface area contributed by atoms with Crippen molar-refractivity contribution in [1.82, 2.24) is 10.2 Å². The maximum Gasteiger partial charge on any atom is 0.325 e. The van der Waals surface area contributed by atoms with E-state index >= 15 is 0 Å². The minimum absolute atomic E-state index is 0.601. The zero-order valence-electron chi connectivity index (χ0n) is 6.03. The fourth-order valence-electron chi connectivity index (χ4n) is 0.631. The molecule has 0 amide bonds. The third-order valence-electron chi connectivity index (χ3n) is 1.24. The summed E-state index contributed by atoms with van der Waals surface area (Å²) in [5.41, 5.74) is 0. The third-order valence-corrected chi connectivity index (χ3v) is 1.24. The maximum atomic E-state index is 10.3. The van der Waals surface area contributed by atoms with Crippen LogP contribution in [-0.2, 0) is 4.79 Å². The molecule has 0 bridgehead atoms. The van der Waals surface area contributed by atoms with Crippen LogP contribution >= 0.6 is 0 Å². The van der Waals surface area contributed by atoms with Crippen LogP contribution in [0, 0.1) is 0 Å². The van der Waals surface area contributed by atoms with E-state index in [-0.39, 0.29) is 0 Å². The van der Waals surface area contributed by atoms with Crippen LogP contribution in [0.5, 0.6) is 0 Å². The average molecular weight is 155 g/mol. The minimum atomic E-state index is -0.889. The number of rotatable bonds is 3. The van der Waals surface area contributed by atoms with Gasteiger partial charge < -0.3 is 10.4 Å². The Labute approximate surface area is 63.4 Å². The number of nitrogens with zero attached hydrogens (tertiary/aromatic N) is 1. The Morgan fingerprint density at radius 2 is 2.64 bits per heavy atom. The highest BCUT2D eigenvalue weighted by Crippen LogP contribution is 2.00. The van der Waals surface area contributed by atoms with E-state index in [1.165, 1.54) is 0 Å². The highest BCUT2D eigenvalue weighted by atomic mass is 16.4. The first kappa shape index (κ1) is 7.59. The van der Waals surface area contributed by atoms with E-state index in [4.69, 9.17) is 5.11 Å². The third kappa shape index (κ3) is 1.96. The fourth-order valence-corrected chi connectivity index (χ4v) is 0.631. The molecule has 0 aliphatic carbocycles. The molecule has 1 unspecified atom stereocenters. The van der Waals surface area contributed by atoms with Crippen molar-refractivity contribution in [2.24, 2.45) is 0 Å². The van der Waals surface area contributed by atoms with Crippen LogP contribution in [0.4, 0.5) is 5.82 Å². The van der Waals surface area contributed by atoms with Gasteiger partial charge in [0.25, 0.3) is 0 Å². The number of carbonyl (C=O) groups is 1. The molecular formula is C6H9N3O2. The van der Waals surface area contributed by atoms with Gasteiger partial charge in [-0.1, -0.05) is 0 Å². The predicted octanol–water partition coefficient (Wildman–Crippen LogP) is 0.295. The van der Waals surface area contributed by atoms with Crippen molar-refractivity contribution in [1.29, 1.82) is 0 Å². The summed E-state index contributed by atoms with van der Waals surface area (Å²) < 4.78 is 0. The highest BCUT2D eigenvalue weighted by Gasteiger charge is 2.09. The van der Waals surface area contributed by atoms with Gasteiger partial charge in [0.2, 0.25) is 0 Å². The molecule has 5 heteroatoms. The monoisotopic (exact) mass is 155 g/mol. The van der Waals surface area contributed by atoms with Crippen molar-refractivity contribution >= 4 is 11.8 Å². The highest BCUT2D eigenvalue weighted by molar-refractivity contribution is 5.76. The molecule has 0 aliphatic rings. The lowest BCUT2D eigenvalue weighted by atomic mass is 10.3. The number of carboxylic acids is 1. The second-order valence-electron chi connectivity index (χ2n) is 2.17. The lowest BCUT2D eigenvalue weighted by Crippen LogP contribution is -2.25. The standard InChI is InChI=1S/C6H9N3O2/c1-4(6(10)11)8-5-2-3-7-9-5/h2-4H,1H3,(H,10,11)(H2,7,8,9). The summed E-state index contributed by atoms with van der Waals surface area (Å²) in [4.78, 5) is 10.3. The van der Waals surface area contributed by atoms with Crippen LogP contribution in [0.1, 0.15) is 6.92 Å². The molecule has 0 aromatic carbocycles. The first-order valence-corrected chi connectivity index (χ1v) is 3.19. The first-order valence-electron chi connectivity index (χ1n) is 3.19. The predicted molar refractivity (Wildman–Crippen MR) is 39.3 cm³/mol. The second-order valence-corrected chi connectivity index (χ2v) is 2.17. The van der Waals surface area contributed by atoms with Gasteiger partial charge in [0.15, 0.2) is 0 Å². The van der Waals surface area contributed by atoms with E-state index in [1.54, 1.807) is 19.2 Å². The van der Waals surface area contributed by atoms with Crippen LogP contribution in [-0.4, -0.2) is 27.3 Å². The molecule has 5 nitrogen and oxygen atoms in total. The largest absolute Gasteiger partial charge is 0.480 e. The molecule has 1 atom stereocenters. The van der Waals surface area contributed by atoms with Gasteiger partial charge in [0.05, 0.1) is 6.20 Å². The number of aromatic nitrogens is 2. The van der Waals surface area contributed by atoms with Crippen molar-refractivity contribution in [3.8, 4) is 0 Å². The van der Waals surface area contributed by atoms with Crippen molar-refractivity contribution in [3.05, 3.63) is 12.3 Å². The molecule has 11 heavy (non-hydrogen) atoms. The van der Waals surface area contributed by atoms with Crippen molar-refractivity contribution in [2.75, 3.05) is 5.32 Å². The van der Waals surface area contributed by atoms with Gasteiger partial charge in [-0.05, 0) is 13.0 Å². The van der Waals surface area contributed by atoms with Crippen molar-refractivity contribution in [2.45, 2.75) is 13.0 Å². The molecular weight excluding hydrogens is 146 g/mol. The Balaban J connectivity index is 2.50. The molecule has 0 fully saturated rings. The van der Waals surface area contributed by atoms with Crippen LogP contribution in [0.2, 0.25) is 0 Å². The molecule has 1 aromatic heterocycles. The molecule has 0 saturated heterocycles. The fraction of sp³-hybridized carbons (Fsp3) is 0.333. The summed E-state index contributed by atoms with van der Waals surface area (Å²) in [7, 11) is 0. The van der Waals surface area contributed by atoms with E-state index in [1.807, 2.05) is 0 Å². The van der Waals surface area contributed by atoms with E-state index in [0.29, 0.717) is 5.82 Å². The lowest BCUT2D eigenvalue weighted by molar-refractivity contribution is -0.137. The van der Waals surface area contributed by atoms with Crippen LogP contribution in [0.25, 0.3) is 0 Å². The van der Waals surface area contributed by atoms with E-state index in [0.717, 1.165) is 0 Å². The Morgan fingerprint density at radius 3 is 3.09 bits per heavy atom. The summed E-state index contributed by atoms with van der Waals surface area (Å²) >= 11 is 0. The molecule has 3 N–H and O–H groups in total. The number of aromatic amines is 1. The first-order chi connectivity index (χ1) is 5.20. The normalized spacial score (nSPS) is 12.5. The summed E-state index contributed by atoms with van der Waals surface area (Å²) in [5.74, 6) is -0.278. The Morgan fingerprint density at radius 1 is 1.91 bits per heavy atom. The average Bonchev–Trinajstić information content (AvgIpc) is 2.39. The van der Waals surface area contributed by atoms with Crippen LogP contribution in [0.15, 0.2) is 12.3 Å². The second kappa shape index (κ2) is 3.05. The molecule has 1 aromatic rings.